The fourth-order valence-electron chi connectivity index (χ4n) is 3.44. The number of hydrogen-bond acceptors (Lipinski definition) is 5. The first kappa shape index (κ1) is 18.5. The number of amides is 1. The molecule has 0 saturated carbocycles. The summed E-state index contributed by atoms with van der Waals surface area (Å²) in [6.07, 6.45) is 6.17. The molecule has 0 spiro atoms. The number of nitrogens with zero attached hydrogens (tertiary/aromatic N) is 3. The quantitative estimate of drug-likeness (QED) is 0.902. The van der Waals surface area contributed by atoms with Crippen molar-refractivity contribution in [3.05, 3.63) is 11.1 Å². The van der Waals surface area contributed by atoms with E-state index in [1.54, 1.807) is 11.3 Å². The number of aromatic nitrogens is 1. The van der Waals surface area contributed by atoms with Crippen LogP contribution in [0, 0.1) is 11.8 Å². The highest BCUT2D eigenvalue weighted by Crippen LogP contribution is 2.25. The molecule has 2 aliphatic heterocycles. The van der Waals surface area contributed by atoms with Gasteiger partial charge in [0.05, 0.1) is 0 Å². The van der Waals surface area contributed by atoms with Crippen molar-refractivity contribution in [1.29, 1.82) is 0 Å². The van der Waals surface area contributed by atoms with E-state index in [0.717, 1.165) is 64.3 Å². The van der Waals surface area contributed by atoms with Gasteiger partial charge in [0, 0.05) is 36.6 Å². The van der Waals surface area contributed by atoms with Crippen LogP contribution < -0.4 is 5.73 Å². The van der Waals surface area contributed by atoms with E-state index < -0.39 is 0 Å². The molecule has 1 aromatic rings. The van der Waals surface area contributed by atoms with Crippen molar-refractivity contribution >= 4 is 34.8 Å². The number of hydrogen-bond donors (Lipinski definition) is 1. The van der Waals surface area contributed by atoms with Gasteiger partial charge in [0.25, 0.3) is 0 Å². The number of carbonyl (C=O) groups excluding carboxylic acids is 1. The van der Waals surface area contributed by atoms with Crippen LogP contribution >= 0.6 is 23.7 Å². The second-order valence-corrected chi connectivity index (χ2v) is 7.87. The van der Waals surface area contributed by atoms with E-state index in [-0.39, 0.29) is 18.3 Å². The summed E-state index contributed by atoms with van der Waals surface area (Å²) in [6, 6.07) is 0. The van der Waals surface area contributed by atoms with Crippen LogP contribution in [0.25, 0.3) is 0 Å². The van der Waals surface area contributed by atoms with Gasteiger partial charge < -0.3 is 10.6 Å². The topological polar surface area (TPSA) is 62.5 Å². The summed E-state index contributed by atoms with van der Waals surface area (Å²) in [5, 5.41) is 0.638. The van der Waals surface area contributed by atoms with Gasteiger partial charge in [-0.25, -0.2) is 4.98 Å². The summed E-state index contributed by atoms with van der Waals surface area (Å²) in [5.41, 5.74) is 5.68. The Morgan fingerprint density at radius 1 is 1.26 bits per heavy atom. The number of piperidine rings is 2. The molecule has 3 rings (SSSR count). The van der Waals surface area contributed by atoms with E-state index in [1.807, 2.05) is 6.20 Å². The average molecular weight is 359 g/mol. The Bertz CT molecular complexity index is 508. The van der Waals surface area contributed by atoms with Crippen molar-refractivity contribution in [2.45, 2.75) is 39.2 Å². The third-order valence-electron chi connectivity index (χ3n) is 4.98. The van der Waals surface area contributed by atoms with Crippen LogP contribution in [0.3, 0.4) is 0 Å². The zero-order chi connectivity index (χ0) is 15.5. The summed E-state index contributed by atoms with van der Waals surface area (Å²) < 4.78 is 0. The fraction of sp³-hybridized carbons (Fsp3) is 0.750. The molecule has 130 valence electrons. The van der Waals surface area contributed by atoms with Gasteiger partial charge in [-0.2, -0.15) is 0 Å². The number of nitrogen functional groups attached to an aromatic ring is 1. The van der Waals surface area contributed by atoms with Gasteiger partial charge in [0.15, 0.2) is 5.13 Å². The molecule has 0 unspecified atom stereocenters. The minimum absolute atomic E-state index is 0. The number of likely N-dealkylation sites (tertiary alicyclic amines) is 2. The van der Waals surface area contributed by atoms with Gasteiger partial charge >= 0.3 is 0 Å². The summed E-state index contributed by atoms with van der Waals surface area (Å²) in [4.78, 5) is 22.4. The molecule has 0 aliphatic carbocycles. The molecule has 7 heteroatoms. The number of carbonyl (C=O) groups is 1. The molecule has 0 radical (unpaired) electrons. The van der Waals surface area contributed by atoms with Crippen molar-refractivity contribution in [1.82, 2.24) is 14.8 Å². The predicted molar refractivity (Wildman–Crippen MR) is 96.8 cm³/mol. The zero-order valence-corrected chi connectivity index (χ0v) is 15.4. The van der Waals surface area contributed by atoms with Gasteiger partial charge in [0.2, 0.25) is 5.91 Å². The molecule has 3 heterocycles. The summed E-state index contributed by atoms with van der Waals surface area (Å²) in [6.45, 7) is 7.11. The smallest absolute Gasteiger partial charge is 0.225 e. The average Bonchev–Trinajstić information content (AvgIpc) is 2.93. The third-order valence-corrected chi connectivity index (χ3v) is 5.79. The third kappa shape index (κ3) is 4.81. The van der Waals surface area contributed by atoms with E-state index in [4.69, 9.17) is 5.73 Å². The molecule has 5 nitrogen and oxygen atoms in total. The van der Waals surface area contributed by atoms with Crippen molar-refractivity contribution < 1.29 is 4.79 Å². The van der Waals surface area contributed by atoms with Crippen molar-refractivity contribution in [2.75, 3.05) is 31.9 Å². The number of anilines is 1. The SMILES string of the molecule is CC1CCN(C(=O)C2CCN(Cc3cnc(N)s3)CC2)CC1.Cl. The van der Waals surface area contributed by atoms with Gasteiger partial charge in [-0.3, -0.25) is 9.69 Å². The highest BCUT2D eigenvalue weighted by molar-refractivity contribution is 7.15. The van der Waals surface area contributed by atoms with Crippen LogP contribution in [0.1, 0.15) is 37.5 Å². The Morgan fingerprint density at radius 3 is 2.48 bits per heavy atom. The molecule has 0 aromatic carbocycles. The molecule has 2 fully saturated rings. The summed E-state index contributed by atoms with van der Waals surface area (Å²) in [7, 11) is 0. The highest BCUT2D eigenvalue weighted by Gasteiger charge is 2.30. The minimum atomic E-state index is 0. The molecule has 1 amide bonds. The van der Waals surface area contributed by atoms with Gasteiger partial charge in [-0.15, -0.1) is 23.7 Å². The van der Waals surface area contributed by atoms with Crippen molar-refractivity contribution in [3.8, 4) is 0 Å². The lowest BCUT2D eigenvalue weighted by Crippen LogP contribution is -2.45. The van der Waals surface area contributed by atoms with Crippen LogP contribution in [-0.2, 0) is 11.3 Å². The molecular weight excluding hydrogens is 332 g/mol. The lowest BCUT2D eigenvalue weighted by atomic mass is 9.92. The van der Waals surface area contributed by atoms with E-state index in [0.29, 0.717) is 11.0 Å². The van der Waals surface area contributed by atoms with Crippen LogP contribution in [0.15, 0.2) is 6.20 Å². The largest absolute Gasteiger partial charge is 0.375 e. The maximum Gasteiger partial charge on any atom is 0.225 e. The second kappa shape index (κ2) is 8.31. The Hall–Kier alpha value is -0.850. The van der Waals surface area contributed by atoms with Gasteiger partial charge in [0.1, 0.15) is 0 Å². The maximum atomic E-state index is 12.6. The Kier molecular flexibility index (Phi) is 6.68. The zero-order valence-electron chi connectivity index (χ0n) is 13.7. The van der Waals surface area contributed by atoms with E-state index >= 15 is 0 Å². The number of rotatable bonds is 3. The number of thiazole rings is 1. The minimum Gasteiger partial charge on any atom is -0.375 e. The number of nitrogens with two attached hydrogens (primary N) is 1. The van der Waals surface area contributed by atoms with Crippen LogP contribution in [-0.4, -0.2) is 46.9 Å². The fourth-order valence-corrected chi connectivity index (χ4v) is 4.17. The predicted octanol–water partition coefficient (Wildman–Crippen LogP) is 2.62. The van der Waals surface area contributed by atoms with E-state index in [1.165, 1.54) is 4.88 Å². The lowest BCUT2D eigenvalue weighted by Gasteiger charge is -2.36. The molecule has 23 heavy (non-hydrogen) atoms. The molecule has 2 N–H and O–H groups in total. The second-order valence-electron chi connectivity index (χ2n) is 6.72. The Labute approximate surface area is 148 Å². The summed E-state index contributed by atoms with van der Waals surface area (Å²) >= 11 is 1.56. The highest BCUT2D eigenvalue weighted by atomic mass is 35.5. The van der Waals surface area contributed by atoms with Crippen molar-refractivity contribution in [3.63, 3.8) is 0 Å². The molecular formula is C16H27ClN4OS. The molecule has 0 bridgehead atoms. The van der Waals surface area contributed by atoms with Crippen LogP contribution in [0.2, 0.25) is 0 Å². The van der Waals surface area contributed by atoms with Crippen LogP contribution in [0.4, 0.5) is 5.13 Å². The standard InChI is InChI=1S/C16H26N4OS.ClH/c1-12-2-8-20(9-3-12)15(21)13-4-6-19(7-5-13)11-14-10-18-16(17)22-14;/h10,12-13H,2-9,11H2,1H3,(H2,17,18);1H. The van der Waals surface area contributed by atoms with Crippen molar-refractivity contribution in [2.24, 2.45) is 11.8 Å². The maximum absolute atomic E-state index is 12.6. The Morgan fingerprint density at radius 2 is 1.91 bits per heavy atom. The first-order valence-corrected chi connectivity index (χ1v) is 9.15. The number of halogens is 1. The summed E-state index contributed by atoms with van der Waals surface area (Å²) in [5.74, 6) is 1.41. The first-order valence-electron chi connectivity index (χ1n) is 8.33. The molecule has 1 aromatic heterocycles. The normalized spacial score (nSPS) is 21.2. The van der Waals surface area contributed by atoms with Gasteiger partial charge in [-0.1, -0.05) is 6.92 Å². The van der Waals surface area contributed by atoms with E-state index in [9.17, 15) is 4.79 Å². The molecule has 2 aliphatic rings. The lowest BCUT2D eigenvalue weighted by molar-refractivity contribution is -0.138. The first-order chi connectivity index (χ1) is 10.6. The Balaban J connectivity index is 0.00000192. The van der Waals surface area contributed by atoms with Crippen LogP contribution in [0.5, 0.6) is 0 Å². The van der Waals surface area contributed by atoms with E-state index in [2.05, 4.69) is 21.7 Å². The molecule has 2 saturated heterocycles. The van der Waals surface area contributed by atoms with Gasteiger partial charge in [-0.05, 0) is 44.7 Å². The monoisotopic (exact) mass is 358 g/mol. The molecule has 0 atom stereocenters.